The minimum absolute atomic E-state index is 0.0744. The van der Waals surface area contributed by atoms with Crippen molar-refractivity contribution in [1.29, 1.82) is 0 Å². The number of piperidine rings is 2. The van der Waals surface area contributed by atoms with E-state index in [1.54, 1.807) is 14.1 Å². The Morgan fingerprint density at radius 3 is 2.62 bits per heavy atom. The molecule has 0 amide bonds. The van der Waals surface area contributed by atoms with Crippen LogP contribution in [0, 0.1) is 5.92 Å². The van der Waals surface area contributed by atoms with Crippen LogP contribution in [0.25, 0.3) is 0 Å². The lowest BCUT2D eigenvalue weighted by molar-refractivity contribution is -0.103. The van der Waals surface area contributed by atoms with Crippen LogP contribution < -0.4 is 0 Å². The highest BCUT2D eigenvalue weighted by Gasteiger charge is 2.47. The summed E-state index contributed by atoms with van der Waals surface area (Å²) in [5.74, 6) is -0.0744. The van der Waals surface area contributed by atoms with Gasteiger partial charge in [0.25, 0.3) is 10.2 Å². The number of aliphatic hydroxyl groups is 1. The zero-order valence-corrected chi connectivity index (χ0v) is 16.7. The summed E-state index contributed by atoms with van der Waals surface area (Å²) in [5, 5.41) is 11.0. The molecule has 2 aliphatic heterocycles. The van der Waals surface area contributed by atoms with Gasteiger partial charge in [-0.15, -0.1) is 0 Å². The third-order valence-corrected chi connectivity index (χ3v) is 7.69. The van der Waals surface area contributed by atoms with E-state index < -0.39 is 15.8 Å². The molecule has 1 aromatic heterocycles. The molecule has 3 rings (SSSR count). The number of fused-ring (bicyclic) bond motifs is 1. The van der Waals surface area contributed by atoms with Crippen LogP contribution >= 0.6 is 0 Å². The Kier molecular flexibility index (Phi) is 5.69. The van der Waals surface area contributed by atoms with Crippen molar-refractivity contribution in [3.05, 3.63) is 29.6 Å². The van der Waals surface area contributed by atoms with Crippen molar-refractivity contribution in [2.45, 2.75) is 38.3 Å². The summed E-state index contributed by atoms with van der Waals surface area (Å²) in [4.78, 5) is 6.80. The smallest absolute Gasteiger partial charge is 0.281 e. The van der Waals surface area contributed by atoms with Crippen LogP contribution in [0.15, 0.2) is 18.3 Å². The van der Waals surface area contributed by atoms with Crippen LogP contribution in [0.5, 0.6) is 0 Å². The van der Waals surface area contributed by atoms with Crippen molar-refractivity contribution in [1.82, 2.24) is 18.5 Å². The van der Waals surface area contributed by atoms with E-state index in [-0.39, 0.29) is 5.92 Å². The van der Waals surface area contributed by atoms with Crippen LogP contribution in [0.1, 0.15) is 31.0 Å². The van der Waals surface area contributed by atoms with Gasteiger partial charge in [-0.05, 0) is 30.9 Å². The largest absolute Gasteiger partial charge is 0.389 e. The first kappa shape index (κ1) is 19.7. The fourth-order valence-electron chi connectivity index (χ4n) is 3.91. The monoisotopic (exact) mass is 382 g/mol. The molecule has 7 nitrogen and oxygen atoms in total. The highest BCUT2D eigenvalue weighted by Crippen LogP contribution is 2.36. The van der Waals surface area contributed by atoms with Crippen molar-refractivity contribution in [3.8, 4) is 0 Å². The number of nitrogens with zero attached hydrogens (tertiary/aromatic N) is 4. The molecule has 0 aliphatic carbocycles. The van der Waals surface area contributed by atoms with Gasteiger partial charge in [0.15, 0.2) is 0 Å². The number of likely N-dealkylation sites (tertiary alicyclic amines) is 1. The van der Waals surface area contributed by atoms with Gasteiger partial charge in [0.2, 0.25) is 0 Å². The lowest BCUT2D eigenvalue weighted by Gasteiger charge is -2.50. The number of aromatic nitrogens is 1. The average Bonchev–Trinajstić information content (AvgIpc) is 2.62. The van der Waals surface area contributed by atoms with E-state index in [1.165, 1.54) is 14.2 Å². The lowest BCUT2D eigenvalue weighted by Crippen LogP contribution is -2.61. The van der Waals surface area contributed by atoms with E-state index >= 15 is 0 Å². The average molecular weight is 383 g/mol. The first-order chi connectivity index (χ1) is 12.2. The number of pyridine rings is 1. The maximum atomic E-state index is 12.4. The fourth-order valence-corrected chi connectivity index (χ4v) is 5.06. The molecule has 2 saturated heterocycles. The number of aryl methyl sites for hydroxylation is 1. The van der Waals surface area contributed by atoms with Gasteiger partial charge < -0.3 is 5.11 Å². The number of rotatable bonds is 5. The van der Waals surface area contributed by atoms with Gasteiger partial charge >= 0.3 is 0 Å². The lowest BCUT2D eigenvalue weighted by atomic mass is 9.76. The Balaban J connectivity index is 1.67. The Labute approximate surface area is 156 Å². The van der Waals surface area contributed by atoms with E-state index in [0.29, 0.717) is 32.5 Å². The first-order valence-corrected chi connectivity index (χ1v) is 10.7. The molecule has 0 radical (unpaired) electrons. The van der Waals surface area contributed by atoms with Gasteiger partial charge in [-0.2, -0.15) is 17.0 Å². The van der Waals surface area contributed by atoms with Crippen LogP contribution in [0.3, 0.4) is 0 Å². The predicted molar refractivity (Wildman–Crippen MR) is 101 cm³/mol. The van der Waals surface area contributed by atoms with Crippen molar-refractivity contribution in [3.63, 3.8) is 0 Å². The molecule has 0 spiro atoms. The molecule has 1 aromatic rings. The normalized spacial score (nSPS) is 28.3. The fraction of sp³-hybridized carbons (Fsp3) is 0.722. The molecule has 2 fully saturated rings. The third-order valence-electron chi connectivity index (χ3n) is 5.79. The molecular weight excluding hydrogens is 352 g/mol. The summed E-state index contributed by atoms with van der Waals surface area (Å²) in [6.45, 7) is 5.09. The topological polar surface area (TPSA) is 77.0 Å². The first-order valence-electron chi connectivity index (χ1n) is 9.31. The maximum Gasteiger partial charge on any atom is 0.281 e. The Morgan fingerprint density at radius 2 is 2.00 bits per heavy atom. The molecule has 1 N–H and O–H groups in total. The van der Waals surface area contributed by atoms with Crippen molar-refractivity contribution < 1.29 is 13.5 Å². The second-order valence-electron chi connectivity index (χ2n) is 7.70. The minimum Gasteiger partial charge on any atom is -0.389 e. The number of hydrogen-bond donors (Lipinski definition) is 1. The second kappa shape index (κ2) is 7.52. The summed E-state index contributed by atoms with van der Waals surface area (Å²) in [6.07, 6.45) is 4.08. The van der Waals surface area contributed by atoms with Crippen LogP contribution in [0.4, 0.5) is 0 Å². The van der Waals surface area contributed by atoms with Crippen LogP contribution in [-0.2, 0) is 23.2 Å². The van der Waals surface area contributed by atoms with Gasteiger partial charge in [-0.3, -0.25) is 9.88 Å². The van der Waals surface area contributed by atoms with Crippen LogP contribution in [-0.4, -0.2) is 77.9 Å². The SMILES string of the molecule is CCc1ccc(CN2CC[C@]3(O)CCN(S(=O)(=O)N(C)C)C[C@@H]3C2)nc1. The molecule has 2 aliphatic rings. The van der Waals surface area contributed by atoms with E-state index in [0.717, 1.165) is 25.2 Å². The molecule has 26 heavy (non-hydrogen) atoms. The highest BCUT2D eigenvalue weighted by molar-refractivity contribution is 7.86. The standard InChI is InChI=1S/C18H30N4O3S/c1-4-15-5-6-17(19-11-15)14-21-9-7-18(23)8-10-22(13-16(18)12-21)26(24,25)20(2)3/h5-6,11,16,23H,4,7-10,12-14H2,1-3H3/t16-,18-/m0/s1. The number of hydrogen-bond acceptors (Lipinski definition) is 5. The quantitative estimate of drug-likeness (QED) is 0.812. The summed E-state index contributed by atoms with van der Waals surface area (Å²) in [7, 11) is -0.336. The minimum atomic E-state index is -3.44. The summed E-state index contributed by atoms with van der Waals surface area (Å²) < 4.78 is 27.6. The Morgan fingerprint density at radius 1 is 1.27 bits per heavy atom. The Bertz CT molecular complexity index is 722. The zero-order chi connectivity index (χ0) is 18.9. The molecular formula is C18H30N4O3S. The summed E-state index contributed by atoms with van der Waals surface area (Å²) in [6, 6.07) is 4.16. The molecule has 0 aromatic carbocycles. The molecule has 0 unspecified atom stereocenters. The van der Waals surface area contributed by atoms with Gasteiger partial charge in [0.05, 0.1) is 11.3 Å². The van der Waals surface area contributed by atoms with E-state index in [2.05, 4.69) is 28.9 Å². The van der Waals surface area contributed by atoms with Crippen molar-refractivity contribution >= 4 is 10.2 Å². The zero-order valence-electron chi connectivity index (χ0n) is 15.9. The highest BCUT2D eigenvalue weighted by atomic mass is 32.2. The van der Waals surface area contributed by atoms with Crippen molar-refractivity contribution in [2.24, 2.45) is 5.92 Å². The van der Waals surface area contributed by atoms with Gasteiger partial charge in [0.1, 0.15) is 0 Å². The van der Waals surface area contributed by atoms with E-state index in [4.69, 9.17) is 0 Å². The molecule has 2 atom stereocenters. The van der Waals surface area contributed by atoms with Crippen LogP contribution in [0.2, 0.25) is 0 Å². The van der Waals surface area contributed by atoms with Gasteiger partial charge in [-0.1, -0.05) is 13.0 Å². The second-order valence-corrected chi connectivity index (χ2v) is 9.84. The van der Waals surface area contributed by atoms with Crippen molar-refractivity contribution in [2.75, 3.05) is 40.3 Å². The summed E-state index contributed by atoms with van der Waals surface area (Å²) >= 11 is 0. The molecule has 8 heteroatoms. The van der Waals surface area contributed by atoms with Gasteiger partial charge in [0, 0.05) is 58.9 Å². The van der Waals surface area contributed by atoms with E-state index in [1.807, 2.05) is 6.20 Å². The molecule has 0 bridgehead atoms. The Hall–Kier alpha value is -1.06. The summed E-state index contributed by atoms with van der Waals surface area (Å²) in [5.41, 5.74) is 1.48. The molecule has 0 saturated carbocycles. The molecule has 3 heterocycles. The van der Waals surface area contributed by atoms with E-state index in [9.17, 15) is 13.5 Å². The predicted octanol–water partition coefficient (Wildman–Crippen LogP) is 0.709. The molecule has 146 valence electrons. The van der Waals surface area contributed by atoms with Gasteiger partial charge in [-0.25, -0.2) is 0 Å². The maximum absolute atomic E-state index is 12.4. The third kappa shape index (κ3) is 3.94.